The van der Waals surface area contributed by atoms with Crippen molar-refractivity contribution in [3.63, 3.8) is 0 Å². The molecule has 2 atom stereocenters. The summed E-state index contributed by atoms with van der Waals surface area (Å²) in [5.74, 6) is -0.124. The van der Waals surface area contributed by atoms with E-state index in [2.05, 4.69) is 0 Å². The highest BCUT2D eigenvalue weighted by atomic mass is 16.5. The summed E-state index contributed by atoms with van der Waals surface area (Å²) in [5.41, 5.74) is 0. The third kappa shape index (κ3) is 3.70. The maximum absolute atomic E-state index is 11.8. The molecule has 0 aromatic heterocycles. The first-order valence-corrected chi connectivity index (χ1v) is 6.14. The van der Waals surface area contributed by atoms with Crippen molar-refractivity contribution in [2.24, 2.45) is 5.92 Å². The molecule has 0 spiro atoms. The monoisotopic (exact) mass is 243 g/mol. The van der Waals surface area contributed by atoms with E-state index < -0.39 is 6.04 Å². The number of hydrogen-bond donors (Lipinski definition) is 1. The average Bonchev–Trinajstić information content (AvgIpc) is 2.29. The normalized spacial score (nSPS) is 24.5. The summed E-state index contributed by atoms with van der Waals surface area (Å²) in [4.78, 5) is 24.8. The van der Waals surface area contributed by atoms with Gasteiger partial charge in [0.25, 0.3) is 0 Å². The predicted molar refractivity (Wildman–Crippen MR) is 62.2 cm³/mol. The van der Waals surface area contributed by atoms with Gasteiger partial charge in [-0.1, -0.05) is 0 Å². The fourth-order valence-electron chi connectivity index (χ4n) is 2.32. The molecule has 0 aliphatic carbocycles. The zero-order valence-electron chi connectivity index (χ0n) is 10.5. The molecule has 1 fully saturated rings. The maximum Gasteiger partial charge on any atom is 0.328 e. The first kappa shape index (κ1) is 14.0. The number of aliphatic hydroxyl groups excluding tert-OH is 1. The lowest BCUT2D eigenvalue weighted by Gasteiger charge is -2.37. The minimum absolute atomic E-state index is 0.0921. The van der Waals surface area contributed by atoms with Crippen LogP contribution in [-0.2, 0) is 14.3 Å². The second-order valence-electron chi connectivity index (χ2n) is 4.38. The summed E-state index contributed by atoms with van der Waals surface area (Å²) < 4.78 is 4.99. The number of amides is 1. The molecule has 1 amide bonds. The van der Waals surface area contributed by atoms with Crippen LogP contribution >= 0.6 is 0 Å². The molecule has 98 valence electrons. The SMILES string of the molecule is CCOC(=O)[C@H]1C[C@H](CCO)CCN1C(C)=O. The van der Waals surface area contributed by atoms with Crippen LogP contribution in [0.5, 0.6) is 0 Å². The van der Waals surface area contributed by atoms with Crippen LogP contribution < -0.4 is 0 Å². The Bertz CT molecular complexity index is 280. The van der Waals surface area contributed by atoms with Crippen molar-refractivity contribution < 1.29 is 19.4 Å². The van der Waals surface area contributed by atoms with Gasteiger partial charge in [-0.05, 0) is 32.1 Å². The second kappa shape index (κ2) is 6.59. The summed E-state index contributed by atoms with van der Waals surface area (Å²) in [5, 5.41) is 8.93. The number of esters is 1. The number of rotatable bonds is 4. The van der Waals surface area contributed by atoms with Crippen molar-refractivity contribution in [3.05, 3.63) is 0 Å². The molecule has 5 nitrogen and oxygen atoms in total. The molecule has 0 bridgehead atoms. The minimum Gasteiger partial charge on any atom is -0.464 e. The number of piperidine rings is 1. The number of carbonyl (C=O) groups is 2. The van der Waals surface area contributed by atoms with Crippen molar-refractivity contribution in [1.82, 2.24) is 4.90 Å². The van der Waals surface area contributed by atoms with E-state index in [1.54, 1.807) is 11.8 Å². The Labute approximate surface area is 102 Å². The Morgan fingerprint density at radius 1 is 1.47 bits per heavy atom. The van der Waals surface area contributed by atoms with E-state index in [1.165, 1.54) is 6.92 Å². The highest BCUT2D eigenvalue weighted by Gasteiger charge is 2.35. The number of likely N-dealkylation sites (tertiary alicyclic amines) is 1. The summed E-state index contributed by atoms with van der Waals surface area (Å²) >= 11 is 0. The number of aliphatic hydroxyl groups is 1. The van der Waals surface area contributed by atoms with E-state index in [9.17, 15) is 9.59 Å². The third-order valence-corrected chi connectivity index (χ3v) is 3.21. The lowest BCUT2D eigenvalue weighted by atomic mass is 9.88. The lowest BCUT2D eigenvalue weighted by Crippen LogP contribution is -2.50. The number of nitrogens with zero attached hydrogens (tertiary/aromatic N) is 1. The highest BCUT2D eigenvalue weighted by molar-refractivity contribution is 5.83. The molecule has 0 unspecified atom stereocenters. The molecular formula is C12H21NO4. The van der Waals surface area contributed by atoms with Gasteiger partial charge in [-0.3, -0.25) is 4.79 Å². The molecule has 0 aromatic rings. The Kier molecular flexibility index (Phi) is 5.41. The fourth-order valence-corrected chi connectivity index (χ4v) is 2.32. The zero-order chi connectivity index (χ0) is 12.8. The van der Waals surface area contributed by atoms with Crippen LogP contribution in [0.1, 0.15) is 33.1 Å². The van der Waals surface area contributed by atoms with Crippen LogP contribution in [0.3, 0.4) is 0 Å². The molecule has 0 radical (unpaired) electrons. The molecule has 1 heterocycles. The predicted octanol–water partition coefficient (Wildman–Crippen LogP) is 0.559. The van der Waals surface area contributed by atoms with Crippen molar-refractivity contribution in [1.29, 1.82) is 0 Å². The van der Waals surface area contributed by atoms with Crippen LogP contribution in [0, 0.1) is 5.92 Å². The second-order valence-corrected chi connectivity index (χ2v) is 4.38. The molecule has 1 saturated heterocycles. The first-order chi connectivity index (χ1) is 8.10. The van der Waals surface area contributed by atoms with Crippen LogP contribution in [0.4, 0.5) is 0 Å². The Morgan fingerprint density at radius 2 is 2.18 bits per heavy atom. The molecule has 1 aliphatic rings. The van der Waals surface area contributed by atoms with Gasteiger partial charge in [-0.15, -0.1) is 0 Å². The minimum atomic E-state index is -0.474. The van der Waals surface area contributed by atoms with E-state index in [-0.39, 0.29) is 18.5 Å². The summed E-state index contributed by atoms with van der Waals surface area (Å²) in [6.45, 7) is 4.25. The van der Waals surface area contributed by atoms with E-state index in [0.717, 1.165) is 6.42 Å². The number of ether oxygens (including phenoxy) is 1. The van der Waals surface area contributed by atoms with Gasteiger partial charge in [0.1, 0.15) is 6.04 Å². The van der Waals surface area contributed by atoms with Gasteiger partial charge >= 0.3 is 5.97 Å². The lowest BCUT2D eigenvalue weighted by molar-refractivity contribution is -0.157. The van der Waals surface area contributed by atoms with Gasteiger partial charge in [0.05, 0.1) is 6.61 Å². The van der Waals surface area contributed by atoms with Gasteiger partial charge in [0.15, 0.2) is 0 Å². The van der Waals surface area contributed by atoms with E-state index in [4.69, 9.17) is 9.84 Å². The summed E-state index contributed by atoms with van der Waals surface area (Å²) in [7, 11) is 0. The van der Waals surface area contributed by atoms with Gasteiger partial charge in [-0.2, -0.15) is 0 Å². The molecule has 17 heavy (non-hydrogen) atoms. The van der Waals surface area contributed by atoms with Crippen molar-refractivity contribution >= 4 is 11.9 Å². The molecule has 0 saturated carbocycles. The van der Waals surface area contributed by atoms with E-state index in [1.807, 2.05) is 0 Å². The summed E-state index contributed by atoms with van der Waals surface area (Å²) in [6.07, 6.45) is 2.12. The van der Waals surface area contributed by atoms with Gasteiger partial charge in [0.2, 0.25) is 5.91 Å². The maximum atomic E-state index is 11.8. The van der Waals surface area contributed by atoms with E-state index >= 15 is 0 Å². The van der Waals surface area contributed by atoms with Crippen LogP contribution in [0.25, 0.3) is 0 Å². The quantitative estimate of drug-likeness (QED) is 0.733. The van der Waals surface area contributed by atoms with Crippen molar-refractivity contribution in [3.8, 4) is 0 Å². The Hall–Kier alpha value is -1.10. The van der Waals surface area contributed by atoms with Crippen LogP contribution in [-0.4, -0.2) is 47.7 Å². The van der Waals surface area contributed by atoms with Gasteiger partial charge in [-0.25, -0.2) is 4.79 Å². The van der Waals surface area contributed by atoms with E-state index in [0.29, 0.717) is 31.9 Å². The molecule has 0 aromatic carbocycles. The van der Waals surface area contributed by atoms with Gasteiger partial charge < -0.3 is 14.7 Å². The molecule has 1 rings (SSSR count). The third-order valence-electron chi connectivity index (χ3n) is 3.21. The van der Waals surface area contributed by atoms with Crippen LogP contribution in [0.2, 0.25) is 0 Å². The largest absolute Gasteiger partial charge is 0.464 e. The first-order valence-electron chi connectivity index (χ1n) is 6.14. The standard InChI is InChI=1S/C12H21NO4/c1-3-17-12(16)11-8-10(5-7-14)4-6-13(11)9(2)15/h10-11,14H,3-8H2,1-2H3/t10-,11+/m0/s1. The Balaban J connectivity index is 2.68. The fraction of sp³-hybridized carbons (Fsp3) is 0.833. The highest BCUT2D eigenvalue weighted by Crippen LogP contribution is 2.26. The zero-order valence-corrected chi connectivity index (χ0v) is 10.5. The number of hydrogen-bond acceptors (Lipinski definition) is 4. The molecule has 1 aliphatic heterocycles. The number of carbonyl (C=O) groups excluding carboxylic acids is 2. The van der Waals surface area contributed by atoms with Gasteiger partial charge in [0, 0.05) is 20.1 Å². The summed E-state index contributed by atoms with van der Waals surface area (Å²) in [6, 6.07) is -0.474. The van der Waals surface area contributed by atoms with Crippen molar-refractivity contribution in [2.45, 2.75) is 39.2 Å². The molecular weight excluding hydrogens is 222 g/mol. The molecule has 5 heteroatoms. The smallest absolute Gasteiger partial charge is 0.328 e. The topological polar surface area (TPSA) is 66.8 Å². The van der Waals surface area contributed by atoms with Crippen LogP contribution in [0.15, 0.2) is 0 Å². The Morgan fingerprint density at radius 3 is 2.71 bits per heavy atom. The molecule has 1 N–H and O–H groups in total. The van der Waals surface area contributed by atoms with Crippen molar-refractivity contribution in [2.75, 3.05) is 19.8 Å². The average molecular weight is 243 g/mol.